The van der Waals surface area contributed by atoms with Crippen LogP contribution in [0.4, 0.5) is 5.13 Å². The third-order valence-corrected chi connectivity index (χ3v) is 8.08. The van der Waals surface area contributed by atoms with E-state index < -0.39 is 6.04 Å². The zero-order valence-electron chi connectivity index (χ0n) is 20.5. The highest BCUT2D eigenvalue weighted by Crippen LogP contribution is 2.43. The monoisotopic (exact) mass is 566 g/mol. The summed E-state index contributed by atoms with van der Waals surface area (Å²) in [5.74, 6) is 0.477. The summed E-state index contributed by atoms with van der Waals surface area (Å²) in [4.78, 5) is 34.7. The van der Waals surface area contributed by atoms with Crippen LogP contribution < -0.4 is 15.1 Å². The number of anilines is 1. The Bertz CT molecular complexity index is 1470. The number of ether oxygens (including phenoxy) is 1. The molecule has 0 bridgehead atoms. The SMILES string of the molecule is CCCCCCOc1ccc(C2c3c(oc4ccc(Br)cc4c3=O)C(=O)N2c2nc(C)c(C)s2)cc1. The molecule has 4 aromatic rings. The fraction of sp³-hybridized carbons (Fsp3) is 0.321. The van der Waals surface area contributed by atoms with Crippen molar-refractivity contribution < 1.29 is 13.9 Å². The number of unbranched alkanes of at least 4 members (excludes halogenated alkanes) is 3. The van der Waals surface area contributed by atoms with Crippen LogP contribution in [-0.4, -0.2) is 17.5 Å². The Labute approximate surface area is 222 Å². The molecule has 0 spiro atoms. The summed E-state index contributed by atoms with van der Waals surface area (Å²) in [6.45, 7) is 6.74. The van der Waals surface area contributed by atoms with Gasteiger partial charge in [0.2, 0.25) is 5.76 Å². The summed E-state index contributed by atoms with van der Waals surface area (Å²) in [5, 5.41) is 0.980. The second kappa shape index (κ2) is 10.2. The summed E-state index contributed by atoms with van der Waals surface area (Å²) in [7, 11) is 0. The second-order valence-corrected chi connectivity index (χ2v) is 11.1. The number of nitrogens with zero attached hydrogens (tertiary/aromatic N) is 2. The van der Waals surface area contributed by atoms with Gasteiger partial charge in [0.05, 0.1) is 29.3 Å². The van der Waals surface area contributed by atoms with Gasteiger partial charge in [-0.15, -0.1) is 11.3 Å². The molecular weight excluding hydrogens is 540 g/mol. The number of amides is 1. The third kappa shape index (κ3) is 4.48. The highest BCUT2D eigenvalue weighted by molar-refractivity contribution is 9.10. The van der Waals surface area contributed by atoms with Crippen LogP contribution in [0.2, 0.25) is 0 Å². The van der Waals surface area contributed by atoms with E-state index in [0.29, 0.717) is 28.3 Å². The smallest absolute Gasteiger partial charge is 0.297 e. The number of hydrogen-bond donors (Lipinski definition) is 0. The van der Waals surface area contributed by atoms with Gasteiger partial charge in [-0.05, 0) is 56.2 Å². The van der Waals surface area contributed by atoms with E-state index in [4.69, 9.17) is 9.15 Å². The van der Waals surface area contributed by atoms with Crippen molar-refractivity contribution in [3.63, 3.8) is 0 Å². The second-order valence-electron chi connectivity index (χ2n) is 9.01. The van der Waals surface area contributed by atoms with Crippen molar-refractivity contribution in [3.05, 3.63) is 84.6 Å². The molecule has 6 nitrogen and oxygen atoms in total. The lowest BCUT2D eigenvalue weighted by Gasteiger charge is -2.22. The maximum absolute atomic E-state index is 13.7. The number of aromatic nitrogens is 1. The van der Waals surface area contributed by atoms with E-state index in [2.05, 4.69) is 27.8 Å². The van der Waals surface area contributed by atoms with Crippen molar-refractivity contribution >= 4 is 49.3 Å². The number of carbonyl (C=O) groups excluding carboxylic acids is 1. The van der Waals surface area contributed by atoms with Crippen molar-refractivity contribution in [1.29, 1.82) is 0 Å². The zero-order valence-corrected chi connectivity index (χ0v) is 22.9. The quantitative estimate of drug-likeness (QED) is 0.208. The van der Waals surface area contributed by atoms with E-state index in [1.807, 2.05) is 38.1 Å². The minimum absolute atomic E-state index is 0.0709. The fourth-order valence-electron chi connectivity index (χ4n) is 4.48. The van der Waals surface area contributed by atoms with Crippen molar-refractivity contribution in [1.82, 2.24) is 4.98 Å². The van der Waals surface area contributed by atoms with E-state index in [9.17, 15) is 9.59 Å². The first kappa shape index (κ1) is 24.7. The number of thiazole rings is 1. The molecule has 2 aromatic heterocycles. The molecule has 186 valence electrons. The van der Waals surface area contributed by atoms with Crippen LogP contribution in [0.3, 0.4) is 0 Å². The maximum atomic E-state index is 13.7. The van der Waals surface area contributed by atoms with Crippen molar-refractivity contribution in [2.45, 2.75) is 52.5 Å². The molecular formula is C28H27BrN2O4S. The molecule has 1 amide bonds. The molecule has 0 fully saturated rings. The van der Waals surface area contributed by atoms with Gasteiger partial charge in [0.1, 0.15) is 11.3 Å². The Hall–Kier alpha value is -2.97. The number of carbonyl (C=O) groups is 1. The molecule has 3 heterocycles. The lowest BCUT2D eigenvalue weighted by molar-refractivity contribution is 0.0971. The molecule has 36 heavy (non-hydrogen) atoms. The summed E-state index contributed by atoms with van der Waals surface area (Å²) >= 11 is 4.88. The van der Waals surface area contributed by atoms with Crippen LogP contribution in [0, 0.1) is 13.8 Å². The minimum Gasteiger partial charge on any atom is -0.494 e. The fourth-order valence-corrected chi connectivity index (χ4v) is 5.78. The van der Waals surface area contributed by atoms with Crippen molar-refractivity contribution in [2.75, 3.05) is 11.5 Å². The predicted octanol–water partition coefficient (Wildman–Crippen LogP) is 7.34. The molecule has 1 atom stereocenters. The third-order valence-electron chi connectivity index (χ3n) is 6.52. The maximum Gasteiger partial charge on any atom is 0.297 e. The summed E-state index contributed by atoms with van der Waals surface area (Å²) in [6, 6.07) is 12.2. The van der Waals surface area contributed by atoms with Crippen LogP contribution in [0.25, 0.3) is 11.0 Å². The van der Waals surface area contributed by atoms with E-state index in [1.54, 1.807) is 23.1 Å². The summed E-state index contributed by atoms with van der Waals surface area (Å²) in [6.07, 6.45) is 4.55. The first-order valence-electron chi connectivity index (χ1n) is 12.2. The average Bonchev–Trinajstić information content (AvgIpc) is 3.35. The van der Waals surface area contributed by atoms with Crippen LogP contribution in [0.1, 0.15) is 70.9 Å². The topological polar surface area (TPSA) is 72.6 Å². The molecule has 1 unspecified atom stereocenters. The van der Waals surface area contributed by atoms with E-state index in [-0.39, 0.29) is 17.1 Å². The van der Waals surface area contributed by atoms with Crippen LogP contribution in [-0.2, 0) is 0 Å². The number of fused-ring (bicyclic) bond motifs is 2. The van der Waals surface area contributed by atoms with Crippen molar-refractivity contribution in [3.8, 4) is 5.75 Å². The Morgan fingerprint density at radius 3 is 2.56 bits per heavy atom. The van der Waals surface area contributed by atoms with Crippen LogP contribution >= 0.6 is 27.3 Å². The van der Waals surface area contributed by atoms with Crippen LogP contribution in [0.15, 0.2) is 56.1 Å². The molecule has 2 aromatic carbocycles. The van der Waals surface area contributed by atoms with Gasteiger partial charge in [-0.25, -0.2) is 4.98 Å². The van der Waals surface area contributed by atoms with Gasteiger partial charge in [0, 0.05) is 9.35 Å². The van der Waals surface area contributed by atoms with Gasteiger partial charge >= 0.3 is 0 Å². The van der Waals surface area contributed by atoms with Gasteiger partial charge in [-0.2, -0.15) is 0 Å². The Morgan fingerprint density at radius 2 is 1.86 bits per heavy atom. The molecule has 1 aliphatic rings. The Balaban J connectivity index is 1.58. The number of aryl methyl sites for hydroxylation is 2. The number of halogens is 1. The molecule has 0 aliphatic carbocycles. The highest BCUT2D eigenvalue weighted by Gasteiger charge is 2.45. The standard InChI is InChI=1S/C28H27BrN2O4S/c1-4-5-6-7-14-34-20-11-8-18(9-12-20)24-23-25(32)21-15-19(29)10-13-22(21)35-26(23)27(33)31(24)28-30-16(2)17(3)36-28/h8-13,15,24H,4-7,14H2,1-3H3. The van der Waals surface area contributed by atoms with Crippen molar-refractivity contribution in [2.24, 2.45) is 0 Å². The lowest BCUT2D eigenvalue weighted by atomic mass is 9.98. The average molecular weight is 568 g/mol. The Kier molecular flexibility index (Phi) is 6.99. The predicted molar refractivity (Wildman–Crippen MR) is 147 cm³/mol. The summed E-state index contributed by atoms with van der Waals surface area (Å²) in [5.41, 5.74) is 2.17. The molecule has 0 saturated carbocycles. The molecule has 8 heteroatoms. The number of hydrogen-bond acceptors (Lipinski definition) is 6. The molecule has 0 N–H and O–H groups in total. The van der Waals surface area contributed by atoms with Gasteiger partial charge < -0.3 is 9.15 Å². The summed E-state index contributed by atoms with van der Waals surface area (Å²) < 4.78 is 12.7. The molecule has 0 radical (unpaired) electrons. The minimum atomic E-state index is -0.643. The lowest BCUT2D eigenvalue weighted by Crippen LogP contribution is -2.29. The first-order chi connectivity index (χ1) is 17.4. The highest BCUT2D eigenvalue weighted by atomic mass is 79.9. The van der Waals surface area contributed by atoms with Gasteiger partial charge in [0.25, 0.3) is 5.91 Å². The number of rotatable bonds is 8. The van der Waals surface area contributed by atoms with Gasteiger partial charge in [-0.1, -0.05) is 54.2 Å². The normalized spacial score (nSPS) is 15.1. The largest absolute Gasteiger partial charge is 0.494 e. The zero-order chi connectivity index (χ0) is 25.4. The first-order valence-corrected chi connectivity index (χ1v) is 13.8. The van der Waals surface area contributed by atoms with Gasteiger partial charge in [0.15, 0.2) is 10.6 Å². The molecule has 0 saturated heterocycles. The molecule has 1 aliphatic heterocycles. The van der Waals surface area contributed by atoms with E-state index >= 15 is 0 Å². The van der Waals surface area contributed by atoms with Gasteiger partial charge in [-0.3, -0.25) is 14.5 Å². The van der Waals surface area contributed by atoms with E-state index in [1.165, 1.54) is 24.2 Å². The molecule has 5 rings (SSSR count). The van der Waals surface area contributed by atoms with E-state index in [0.717, 1.165) is 39.2 Å². The Morgan fingerprint density at radius 1 is 1.08 bits per heavy atom. The number of benzene rings is 2. The van der Waals surface area contributed by atoms with Crippen LogP contribution in [0.5, 0.6) is 5.75 Å².